The summed E-state index contributed by atoms with van der Waals surface area (Å²) in [5.74, 6) is 1.23. The highest BCUT2D eigenvalue weighted by molar-refractivity contribution is 9.10. The Morgan fingerprint density at radius 1 is 0.750 bits per heavy atom. The maximum Gasteiger partial charge on any atom is 0.0175 e. The molecule has 1 heterocycles. The molecule has 0 aromatic heterocycles. The quantitative estimate of drug-likeness (QED) is 0.426. The summed E-state index contributed by atoms with van der Waals surface area (Å²) in [6.45, 7) is 3.57. The molecule has 1 nitrogen and oxygen atoms in total. The van der Waals surface area contributed by atoms with E-state index in [0.29, 0.717) is 11.8 Å². The van der Waals surface area contributed by atoms with E-state index in [1.807, 2.05) is 0 Å². The van der Waals surface area contributed by atoms with Crippen molar-refractivity contribution in [2.24, 2.45) is 5.92 Å². The fourth-order valence-electron chi connectivity index (χ4n) is 4.51. The molecule has 1 fully saturated rings. The lowest BCUT2D eigenvalue weighted by molar-refractivity contribution is 0.177. The van der Waals surface area contributed by atoms with Crippen LogP contribution in [-0.2, 0) is 6.42 Å². The van der Waals surface area contributed by atoms with Gasteiger partial charge in [0.2, 0.25) is 0 Å². The van der Waals surface area contributed by atoms with E-state index in [-0.39, 0.29) is 0 Å². The molecule has 1 aliphatic rings. The molecule has 0 atom stereocenters. The van der Waals surface area contributed by atoms with Crippen LogP contribution in [0.5, 0.6) is 0 Å². The number of hydrogen-bond acceptors (Lipinski definition) is 1. The Labute approximate surface area is 177 Å². The lowest BCUT2D eigenvalue weighted by Crippen LogP contribution is -2.37. The monoisotopic (exact) mass is 433 g/mol. The molecule has 0 radical (unpaired) electrons. The first-order valence-corrected chi connectivity index (χ1v) is 11.2. The van der Waals surface area contributed by atoms with Gasteiger partial charge in [-0.15, -0.1) is 0 Å². The minimum Gasteiger partial charge on any atom is -0.303 e. The summed E-state index contributed by atoms with van der Waals surface area (Å²) < 4.78 is 1.16. The van der Waals surface area contributed by atoms with Crippen LogP contribution in [0.4, 0.5) is 0 Å². The number of hydrogen-bond donors (Lipinski definition) is 0. The van der Waals surface area contributed by atoms with Crippen molar-refractivity contribution in [3.05, 3.63) is 106 Å². The van der Waals surface area contributed by atoms with Crippen LogP contribution in [-0.4, -0.2) is 24.5 Å². The average molecular weight is 434 g/mol. The minimum absolute atomic E-state index is 0.510. The van der Waals surface area contributed by atoms with Crippen molar-refractivity contribution in [3.63, 3.8) is 0 Å². The molecule has 0 saturated carbocycles. The Hall–Kier alpha value is -1.90. The van der Waals surface area contributed by atoms with Crippen molar-refractivity contribution in [1.29, 1.82) is 0 Å². The molecular weight excluding hydrogens is 406 g/mol. The molecule has 0 N–H and O–H groups in total. The number of benzene rings is 3. The van der Waals surface area contributed by atoms with Crippen molar-refractivity contribution in [2.45, 2.75) is 25.2 Å². The van der Waals surface area contributed by atoms with E-state index in [1.54, 1.807) is 0 Å². The Bertz CT molecular complexity index is 797. The van der Waals surface area contributed by atoms with Gasteiger partial charge in [0, 0.05) is 16.9 Å². The van der Waals surface area contributed by atoms with Crippen molar-refractivity contribution in [3.8, 4) is 0 Å². The highest BCUT2D eigenvalue weighted by Crippen LogP contribution is 2.37. The van der Waals surface area contributed by atoms with Crippen molar-refractivity contribution < 1.29 is 0 Å². The van der Waals surface area contributed by atoms with Gasteiger partial charge in [-0.05, 0) is 67.1 Å². The van der Waals surface area contributed by atoms with Crippen molar-refractivity contribution in [1.82, 2.24) is 4.90 Å². The second-order valence-electron chi connectivity index (χ2n) is 7.85. The van der Waals surface area contributed by atoms with E-state index in [0.717, 1.165) is 17.4 Å². The van der Waals surface area contributed by atoms with Crippen LogP contribution in [0, 0.1) is 5.92 Å². The first kappa shape index (κ1) is 19.4. The Morgan fingerprint density at radius 2 is 1.29 bits per heavy atom. The van der Waals surface area contributed by atoms with E-state index in [2.05, 4.69) is 106 Å². The summed E-state index contributed by atoms with van der Waals surface area (Å²) >= 11 is 3.52. The molecule has 0 amide bonds. The van der Waals surface area contributed by atoms with Crippen LogP contribution in [0.3, 0.4) is 0 Å². The number of rotatable bonds is 6. The van der Waals surface area contributed by atoms with Crippen LogP contribution >= 0.6 is 15.9 Å². The SMILES string of the molecule is Brc1ccc(CCN2CCC(C(c3ccccc3)c3ccccc3)CC2)cc1. The van der Waals surface area contributed by atoms with Gasteiger partial charge in [0.25, 0.3) is 0 Å². The van der Waals surface area contributed by atoms with Crippen LogP contribution in [0.2, 0.25) is 0 Å². The zero-order valence-corrected chi connectivity index (χ0v) is 17.9. The maximum atomic E-state index is 3.52. The molecule has 144 valence electrons. The topological polar surface area (TPSA) is 3.24 Å². The number of nitrogens with zero attached hydrogens (tertiary/aromatic N) is 1. The molecule has 1 saturated heterocycles. The third-order valence-corrected chi connectivity index (χ3v) is 6.58. The van der Waals surface area contributed by atoms with Crippen molar-refractivity contribution in [2.75, 3.05) is 19.6 Å². The third-order valence-electron chi connectivity index (χ3n) is 6.05. The van der Waals surface area contributed by atoms with Gasteiger partial charge < -0.3 is 4.90 Å². The average Bonchev–Trinajstić information content (AvgIpc) is 2.76. The maximum absolute atomic E-state index is 3.52. The Kier molecular flexibility index (Phi) is 6.61. The highest BCUT2D eigenvalue weighted by atomic mass is 79.9. The fraction of sp³-hybridized carbons (Fsp3) is 0.308. The second kappa shape index (κ2) is 9.54. The molecule has 3 aromatic carbocycles. The van der Waals surface area contributed by atoms with E-state index in [1.165, 1.54) is 42.6 Å². The van der Waals surface area contributed by atoms with Gasteiger partial charge in [-0.25, -0.2) is 0 Å². The molecular formula is C26H28BrN. The molecule has 0 spiro atoms. The van der Waals surface area contributed by atoms with Gasteiger partial charge in [0.15, 0.2) is 0 Å². The van der Waals surface area contributed by atoms with E-state index in [9.17, 15) is 0 Å². The number of halogens is 1. The van der Waals surface area contributed by atoms with Gasteiger partial charge in [0.05, 0.1) is 0 Å². The highest BCUT2D eigenvalue weighted by Gasteiger charge is 2.28. The molecule has 0 unspecified atom stereocenters. The normalized spacial score (nSPS) is 15.8. The molecule has 3 aromatic rings. The summed E-state index contributed by atoms with van der Waals surface area (Å²) in [5.41, 5.74) is 4.35. The van der Waals surface area contributed by atoms with Crippen molar-refractivity contribution >= 4 is 15.9 Å². The second-order valence-corrected chi connectivity index (χ2v) is 8.77. The summed E-state index contributed by atoms with van der Waals surface area (Å²) in [6, 6.07) is 30.9. The summed E-state index contributed by atoms with van der Waals surface area (Å²) in [5, 5.41) is 0. The fourth-order valence-corrected chi connectivity index (χ4v) is 4.77. The zero-order valence-electron chi connectivity index (χ0n) is 16.3. The van der Waals surface area contributed by atoms with E-state index >= 15 is 0 Å². The standard InChI is InChI=1S/C26H28BrN/c27-25-13-11-21(12-14-25)15-18-28-19-16-24(17-20-28)26(22-7-3-1-4-8-22)23-9-5-2-6-10-23/h1-14,24,26H,15-20H2. The van der Waals surface area contributed by atoms with Crippen LogP contribution in [0.25, 0.3) is 0 Å². The molecule has 2 heteroatoms. The molecule has 1 aliphatic heterocycles. The van der Waals surface area contributed by atoms with Gasteiger partial charge in [-0.2, -0.15) is 0 Å². The summed E-state index contributed by atoms with van der Waals surface area (Å²) in [7, 11) is 0. The predicted octanol–water partition coefficient (Wildman–Crippen LogP) is 6.54. The summed E-state index contributed by atoms with van der Waals surface area (Å²) in [4.78, 5) is 2.64. The van der Waals surface area contributed by atoms with E-state index in [4.69, 9.17) is 0 Å². The smallest absolute Gasteiger partial charge is 0.0175 e. The van der Waals surface area contributed by atoms with Gasteiger partial charge in [-0.3, -0.25) is 0 Å². The largest absolute Gasteiger partial charge is 0.303 e. The minimum atomic E-state index is 0.510. The van der Waals surface area contributed by atoms with Gasteiger partial charge in [-0.1, -0.05) is 88.7 Å². The lowest BCUT2D eigenvalue weighted by atomic mass is 9.76. The summed E-state index contributed by atoms with van der Waals surface area (Å²) in [6.07, 6.45) is 3.68. The van der Waals surface area contributed by atoms with Gasteiger partial charge >= 0.3 is 0 Å². The first-order chi connectivity index (χ1) is 13.8. The molecule has 4 rings (SSSR count). The first-order valence-electron chi connectivity index (χ1n) is 10.4. The van der Waals surface area contributed by atoms with Gasteiger partial charge in [0.1, 0.15) is 0 Å². The van der Waals surface area contributed by atoms with Crippen LogP contribution in [0.15, 0.2) is 89.4 Å². The zero-order chi connectivity index (χ0) is 19.2. The van der Waals surface area contributed by atoms with E-state index < -0.39 is 0 Å². The predicted molar refractivity (Wildman–Crippen MR) is 122 cm³/mol. The number of piperidine rings is 1. The number of likely N-dealkylation sites (tertiary alicyclic amines) is 1. The molecule has 0 bridgehead atoms. The Balaban J connectivity index is 1.40. The third kappa shape index (κ3) is 4.92. The Morgan fingerprint density at radius 3 is 1.82 bits per heavy atom. The lowest BCUT2D eigenvalue weighted by Gasteiger charge is -2.36. The molecule has 0 aliphatic carbocycles. The van der Waals surface area contributed by atoms with Crippen LogP contribution in [0.1, 0.15) is 35.4 Å². The van der Waals surface area contributed by atoms with Crippen LogP contribution < -0.4 is 0 Å². The molecule has 28 heavy (non-hydrogen) atoms.